The standard InChI is InChI=1S/5CN.Ni/c5*1-2;/q5*-1;+3. The van der Waals surface area contributed by atoms with Gasteiger partial charge in [0.15, 0.2) is 0 Å². The molecule has 0 heterocycles. The molecular weight excluding hydrogens is 189 g/mol. The van der Waals surface area contributed by atoms with Crippen molar-refractivity contribution < 1.29 is 16.5 Å². The van der Waals surface area contributed by atoms with Crippen LogP contribution in [0.3, 0.4) is 0 Å². The minimum atomic E-state index is 0. The van der Waals surface area contributed by atoms with Crippen LogP contribution in [-0.2, 0) is 16.5 Å². The molecule has 1 radical (unpaired) electrons. The van der Waals surface area contributed by atoms with E-state index >= 15 is 0 Å². The van der Waals surface area contributed by atoms with Crippen LogP contribution in [0.15, 0.2) is 0 Å². The summed E-state index contributed by atoms with van der Waals surface area (Å²) in [6.07, 6.45) is 0. The molecule has 0 aromatic carbocycles. The van der Waals surface area contributed by atoms with Gasteiger partial charge < -0.3 is 59.2 Å². The van der Waals surface area contributed by atoms with Crippen LogP contribution in [0.4, 0.5) is 0 Å². The second-order valence-corrected chi connectivity index (χ2v) is 0. The van der Waals surface area contributed by atoms with Gasteiger partial charge >= 0.3 is 16.5 Å². The van der Waals surface area contributed by atoms with Gasteiger partial charge in [-0.2, -0.15) is 0 Å². The first kappa shape index (κ1) is 65.1. The zero-order chi connectivity index (χ0) is 10.0. The van der Waals surface area contributed by atoms with Gasteiger partial charge in [-0.1, -0.05) is 0 Å². The van der Waals surface area contributed by atoms with E-state index in [-0.39, 0.29) is 16.5 Å². The predicted octanol–water partition coefficient (Wildman–Crippen LogP) is 0.479. The van der Waals surface area contributed by atoms with E-state index in [9.17, 15) is 0 Å². The Morgan fingerprint density at radius 2 is 0.364 bits per heavy atom. The molecule has 0 spiro atoms. The maximum absolute atomic E-state index is 6.25. The molecule has 11 heavy (non-hydrogen) atoms. The van der Waals surface area contributed by atoms with Crippen molar-refractivity contribution in [3.63, 3.8) is 0 Å². The molecule has 6 heteroatoms. The second kappa shape index (κ2) is 90.6. The van der Waals surface area contributed by atoms with Crippen molar-refractivity contribution in [3.05, 3.63) is 32.9 Å². The third-order valence-electron chi connectivity index (χ3n) is 0. The second-order valence-electron chi connectivity index (χ2n) is 0. The van der Waals surface area contributed by atoms with Gasteiger partial charge in [0, 0.05) is 0 Å². The van der Waals surface area contributed by atoms with Gasteiger partial charge in [0.1, 0.15) is 0 Å². The largest absolute Gasteiger partial charge is 3.00 e. The molecule has 57 valence electrons. The molecule has 5 nitrogen and oxygen atoms in total. The van der Waals surface area contributed by atoms with Crippen LogP contribution in [0.25, 0.3) is 0 Å². The van der Waals surface area contributed by atoms with Gasteiger partial charge in [-0.05, 0) is 0 Å². The van der Waals surface area contributed by atoms with E-state index in [1.54, 1.807) is 0 Å². The van der Waals surface area contributed by atoms with Crippen molar-refractivity contribution in [2.45, 2.75) is 0 Å². The van der Waals surface area contributed by atoms with Gasteiger partial charge in [0.05, 0.1) is 0 Å². The van der Waals surface area contributed by atoms with Gasteiger partial charge in [-0.25, -0.2) is 0 Å². The van der Waals surface area contributed by atoms with Crippen molar-refractivity contribution in [2.75, 3.05) is 0 Å². The summed E-state index contributed by atoms with van der Waals surface area (Å²) < 4.78 is 0. The smallest absolute Gasteiger partial charge is 0.512 e. The summed E-state index contributed by atoms with van der Waals surface area (Å²) in [6.45, 7) is 23.8. The van der Waals surface area contributed by atoms with Crippen molar-refractivity contribution in [2.24, 2.45) is 0 Å². The molecule has 0 saturated heterocycles. The Morgan fingerprint density at radius 3 is 0.364 bits per heavy atom. The molecule has 0 aromatic heterocycles. The van der Waals surface area contributed by atoms with Crippen LogP contribution in [-0.4, -0.2) is 0 Å². The first-order valence-electron chi connectivity index (χ1n) is 1.12. The summed E-state index contributed by atoms with van der Waals surface area (Å²) in [5, 5.41) is 31.2. The molecule has 0 amide bonds. The van der Waals surface area contributed by atoms with Crippen LogP contribution < -0.4 is 0 Å². The molecular formula is C5N5Ni-2. The zero-order valence-corrected chi connectivity index (χ0v) is 6.04. The van der Waals surface area contributed by atoms with E-state index < -0.39 is 0 Å². The van der Waals surface area contributed by atoms with E-state index in [4.69, 9.17) is 59.2 Å². The molecule has 0 aliphatic rings. The Labute approximate surface area is 76.2 Å². The van der Waals surface area contributed by atoms with Gasteiger partial charge in [-0.3, -0.25) is 0 Å². The Balaban J connectivity index is -0.00000000694. The molecule has 0 aliphatic carbocycles. The molecule has 0 saturated carbocycles. The summed E-state index contributed by atoms with van der Waals surface area (Å²) in [7, 11) is 0. The average Bonchev–Trinajstić information content (AvgIpc) is 2.20. The molecule has 0 bridgehead atoms. The van der Waals surface area contributed by atoms with E-state index in [0.29, 0.717) is 0 Å². The minimum Gasteiger partial charge on any atom is -0.512 e. The van der Waals surface area contributed by atoms with Crippen molar-refractivity contribution in [1.29, 1.82) is 26.3 Å². The van der Waals surface area contributed by atoms with E-state index in [2.05, 4.69) is 0 Å². The van der Waals surface area contributed by atoms with Crippen LogP contribution in [0.2, 0.25) is 0 Å². The predicted molar refractivity (Wildman–Crippen MR) is 24.8 cm³/mol. The summed E-state index contributed by atoms with van der Waals surface area (Å²) >= 11 is 0. The normalized spacial score (nSPS) is 0.909. The Morgan fingerprint density at radius 1 is 0.364 bits per heavy atom. The Kier molecular flexibility index (Phi) is 536. The summed E-state index contributed by atoms with van der Waals surface area (Å²) in [5.74, 6) is 0. The molecule has 0 rings (SSSR count). The van der Waals surface area contributed by atoms with Gasteiger partial charge in [0.2, 0.25) is 0 Å². The fraction of sp³-hybridized carbons (Fsp3) is 0. The molecule has 0 fully saturated rings. The summed E-state index contributed by atoms with van der Waals surface area (Å²) in [5.41, 5.74) is 0. The van der Waals surface area contributed by atoms with Gasteiger partial charge in [0.25, 0.3) is 0 Å². The van der Waals surface area contributed by atoms with Crippen molar-refractivity contribution in [1.82, 2.24) is 0 Å². The van der Waals surface area contributed by atoms with Crippen LogP contribution in [0.1, 0.15) is 0 Å². The fourth-order valence-electron chi connectivity index (χ4n) is 0. The first-order valence-corrected chi connectivity index (χ1v) is 1.12. The SMILES string of the molecule is [C-]#N.[C-]#N.[C-]#N.[C-]#N.[C-]#N.[Ni+3]. The molecule has 0 aromatic rings. The number of hydrogen-bond acceptors (Lipinski definition) is 5. The third kappa shape index (κ3) is 66.4. The van der Waals surface area contributed by atoms with Crippen molar-refractivity contribution in [3.8, 4) is 0 Å². The molecule has 0 N–H and O–H groups in total. The Hall–Kier alpha value is -2.06. The molecule has 0 unspecified atom stereocenters. The minimum absolute atomic E-state index is 0. The van der Waals surface area contributed by atoms with E-state index in [0.717, 1.165) is 0 Å². The Bertz CT molecular complexity index is 73.4. The zero-order valence-electron chi connectivity index (χ0n) is 5.05. The quantitative estimate of drug-likeness (QED) is 0.405. The third-order valence-corrected chi connectivity index (χ3v) is 0. The molecule has 0 aliphatic heterocycles. The topological polar surface area (TPSA) is 119 Å². The maximum Gasteiger partial charge on any atom is 3.00 e. The maximum atomic E-state index is 6.25. The molecule has 0 atom stereocenters. The summed E-state index contributed by atoms with van der Waals surface area (Å²) in [4.78, 5) is 0. The number of rotatable bonds is 0. The van der Waals surface area contributed by atoms with E-state index in [1.165, 1.54) is 0 Å². The van der Waals surface area contributed by atoms with Crippen molar-refractivity contribution >= 4 is 0 Å². The monoisotopic (exact) mass is 188 g/mol. The van der Waals surface area contributed by atoms with E-state index in [1.807, 2.05) is 0 Å². The fourth-order valence-corrected chi connectivity index (χ4v) is 0. The van der Waals surface area contributed by atoms with Crippen LogP contribution >= 0.6 is 0 Å². The van der Waals surface area contributed by atoms with Crippen LogP contribution in [0, 0.1) is 59.2 Å². The average molecular weight is 189 g/mol. The number of nitrogens with zero attached hydrogens (tertiary/aromatic N) is 5. The first-order chi connectivity index (χ1) is 5.00. The number of hydrogen-bond donors (Lipinski definition) is 0. The van der Waals surface area contributed by atoms with Crippen LogP contribution in [0.5, 0.6) is 0 Å². The summed E-state index contributed by atoms with van der Waals surface area (Å²) in [6, 6.07) is 0. The van der Waals surface area contributed by atoms with Gasteiger partial charge in [-0.15, -0.1) is 0 Å².